The molecule has 0 aromatic carbocycles. The number of alkyl halides is 1. The molecule has 1 N–H and O–H groups in total. The van der Waals surface area contributed by atoms with E-state index in [0.717, 1.165) is 36.7 Å². The molecule has 0 aliphatic rings. The second-order valence-electron chi connectivity index (χ2n) is 5.71. The van der Waals surface area contributed by atoms with E-state index in [2.05, 4.69) is 34.1 Å². The molecule has 2 aromatic rings. The summed E-state index contributed by atoms with van der Waals surface area (Å²) in [6, 6.07) is 4.16. The lowest BCUT2D eigenvalue weighted by Crippen LogP contribution is -2.24. The molecular weight excluding hydrogens is 296 g/mol. The Balaban J connectivity index is 2.01. The third kappa shape index (κ3) is 5.09. The van der Waals surface area contributed by atoms with Crippen molar-refractivity contribution in [1.29, 1.82) is 0 Å². The number of unbranched alkanes of at least 4 members (excludes halogenated alkanes) is 1. The molecule has 0 radical (unpaired) electrons. The summed E-state index contributed by atoms with van der Waals surface area (Å²) in [7, 11) is 0. The van der Waals surface area contributed by atoms with Gasteiger partial charge >= 0.3 is 0 Å². The number of anilines is 1. The Hall–Kier alpha value is -1.42. The maximum Gasteiger partial charge on any atom is 0.223 e. The number of rotatable bonds is 9. The zero-order chi connectivity index (χ0) is 15.8. The number of hydrogen-bond acceptors (Lipinski definition) is 4. The van der Waals surface area contributed by atoms with Crippen LogP contribution in [0.2, 0.25) is 0 Å². The summed E-state index contributed by atoms with van der Waals surface area (Å²) in [5, 5.41) is 3.66. The van der Waals surface area contributed by atoms with Gasteiger partial charge in [0.2, 0.25) is 5.95 Å². The van der Waals surface area contributed by atoms with Gasteiger partial charge in [-0.2, -0.15) is 0 Å². The zero-order valence-electron chi connectivity index (χ0n) is 13.4. The van der Waals surface area contributed by atoms with Crippen LogP contribution in [0.1, 0.15) is 52.4 Å². The Morgan fingerprint density at radius 1 is 1.14 bits per heavy atom. The second-order valence-corrected chi connectivity index (χ2v) is 6.32. The number of nitrogens with zero attached hydrogens (tertiary/aromatic N) is 3. The zero-order valence-corrected chi connectivity index (χ0v) is 14.2. The lowest BCUT2D eigenvalue weighted by Gasteiger charge is -2.21. The predicted molar refractivity (Wildman–Crippen MR) is 93.4 cm³/mol. The average molecular weight is 321 g/mol. The topological polar surface area (TPSA) is 50.7 Å². The summed E-state index contributed by atoms with van der Waals surface area (Å²) in [5.41, 5.74) is 1.68. The van der Waals surface area contributed by atoms with Gasteiger partial charge in [-0.15, -0.1) is 11.6 Å². The minimum atomic E-state index is 0.214. The number of pyridine rings is 1. The molecule has 0 saturated carbocycles. The maximum absolute atomic E-state index is 6.46. The number of fused-ring (bicyclic) bond motifs is 1. The molecule has 5 heteroatoms. The van der Waals surface area contributed by atoms with Crippen molar-refractivity contribution in [2.75, 3.05) is 5.32 Å². The van der Waals surface area contributed by atoms with E-state index in [0.29, 0.717) is 12.0 Å². The first-order valence-corrected chi connectivity index (χ1v) is 8.65. The smallest absolute Gasteiger partial charge is 0.223 e. The second kappa shape index (κ2) is 8.89. The van der Waals surface area contributed by atoms with E-state index in [4.69, 9.17) is 11.6 Å². The van der Waals surface area contributed by atoms with Crippen LogP contribution in [-0.4, -0.2) is 26.4 Å². The van der Waals surface area contributed by atoms with Gasteiger partial charge in [-0.05, 0) is 31.4 Å². The lowest BCUT2D eigenvalue weighted by atomic mass is 10.0. The Morgan fingerprint density at radius 2 is 2.00 bits per heavy atom. The molecule has 120 valence electrons. The summed E-state index contributed by atoms with van der Waals surface area (Å²) in [4.78, 5) is 13.2. The van der Waals surface area contributed by atoms with E-state index in [-0.39, 0.29) is 5.38 Å². The van der Waals surface area contributed by atoms with Crippen molar-refractivity contribution in [2.24, 2.45) is 0 Å². The van der Waals surface area contributed by atoms with Gasteiger partial charge in [0.15, 0.2) is 0 Å². The van der Waals surface area contributed by atoms with Crippen molar-refractivity contribution >= 4 is 28.6 Å². The monoisotopic (exact) mass is 320 g/mol. The van der Waals surface area contributed by atoms with Crippen molar-refractivity contribution in [3.8, 4) is 0 Å². The van der Waals surface area contributed by atoms with Gasteiger partial charge in [0.1, 0.15) is 5.52 Å². The minimum Gasteiger partial charge on any atom is -0.351 e. The Labute approximate surface area is 137 Å². The minimum absolute atomic E-state index is 0.214. The molecule has 0 aliphatic heterocycles. The van der Waals surface area contributed by atoms with Crippen LogP contribution >= 0.6 is 11.6 Å². The maximum atomic E-state index is 6.46. The highest BCUT2D eigenvalue weighted by molar-refractivity contribution is 6.20. The predicted octanol–water partition coefficient (Wildman–Crippen LogP) is 4.79. The largest absolute Gasteiger partial charge is 0.351 e. The summed E-state index contributed by atoms with van der Waals surface area (Å²) in [6.07, 6.45) is 10.1. The first-order chi connectivity index (χ1) is 10.7. The molecule has 2 heterocycles. The third-order valence-corrected chi connectivity index (χ3v) is 4.13. The van der Waals surface area contributed by atoms with Gasteiger partial charge in [0.05, 0.1) is 11.7 Å². The van der Waals surface area contributed by atoms with Crippen LogP contribution in [0, 0.1) is 0 Å². The van der Waals surface area contributed by atoms with Gasteiger partial charge in [-0.1, -0.05) is 33.1 Å². The normalized spacial score (nSPS) is 14.0. The van der Waals surface area contributed by atoms with Gasteiger partial charge < -0.3 is 5.32 Å². The average Bonchev–Trinajstić information content (AvgIpc) is 2.53. The molecule has 2 rings (SSSR count). The van der Waals surface area contributed by atoms with Crippen LogP contribution in [0.3, 0.4) is 0 Å². The van der Waals surface area contributed by atoms with Crippen LogP contribution in [0.15, 0.2) is 24.5 Å². The van der Waals surface area contributed by atoms with E-state index >= 15 is 0 Å². The molecule has 0 amide bonds. The fourth-order valence-corrected chi connectivity index (χ4v) is 2.94. The van der Waals surface area contributed by atoms with E-state index < -0.39 is 0 Å². The van der Waals surface area contributed by atoms with E-state index in [1.807, 2.05) is 12.1 Å². The molecule has 2 atom stereocenters. The number of nitrogens with one attached hydrogen (secondary N) is 1. The quantitative estimate of drug-likeness (QED) is 0.675. The van der Waals surface area contributed by atoms with Crippen molar-refractivity contribution in [3.63, 3.8) is 0 Å². The highest BCUT2D eigenvalue weighted by Crippen LogP contribution is 2.19. The molecule has 0 spiro atoms. The lowest BCUT2D eigenvalue weighted by molar-refractivity contribution is 0.544. The fourth-order valence-electron chi connectivity index (χ4n) is 2.57. The van der Waals surface area contributed by atoms with Crippen molar-refractivity contribution in [2.45, 2.75) is 63.8 Å². The summed E-state index contributed by atoms with van der Waals surface area (Å²) in [5.74, 6) is 0.665. The first kappa shape index (κ1) is 16.9. The van der Waals surface area contributed by atoms with Gasteiger partial charge in [0, 0.05) is 17.6 Å². The van der Waals surface area contributed by atoms with E-state index in [1.54, 1.807) is 12.4 Å². The van der Waals surface area contributed by atoms with Crippen LogP contribution in [0.4, 0.5) is 5.95 Å². The molecule has 0 saturated heterocycles. The Kier molecular flexibility index (Phi) is 6.84. The standard InChI is InChI=1S/C17H25ClN4/c1-3-5-8-13(18)11-14(7-4-2)21-17-20-12-16-15(22-17)9-6-10-19-16/h6,9-10,12-14H,3-5,7-8,11H2,1-2H3,(H,20,21,22). The van der Waals surface area contributed by atoms with Gasteiger partial charge in [-0.3, -0.25) is 4.98 Å². The Bertz CT molecular complexity index is 575. The SMILES string of the molecule is CCCCC(Cl)CC(CCC)Nc1ncc2ncccc2n1. The molecule has 0 bridgehead atoms. The third-order valence-electron chi connectivity index (χ3n) is 3.73. The van der Waals surface area contributed by atoms with Crippen LogP contribution in [-0.2, 0) is 0 Å². The number of hydrogen-bond donors (Lipinski definition) is 1. The molecular formula is C17H25ClN4. The van der Waals surface area contributed by atoms with Crippen LogP contribution in [0.25, 0.3) is 11.0 Å². The summed E-state index contributed by atoms with van der Waals surface area (Å²) >= 11 is 6.46. The molecule has 2 unspecified atom stereocenters. The molecule has 0 aliphatic carbocycles. The van der Waals surface area contributed by atoms with Crippen LogP contribution < -0.4 is 5.32 Å². The first-order valence-electron chi connectivity index (χ1n) is 8.21. The molecule has 2 aromatic heterocycles. The fraction of sp³-hybridized carbons (Fsp3) is 0.588. The summed E-state index contributed by atoms with van der Waals surface area (Å²) < 4.78 is 0. The van der Waals surface area contributed by atoms with Crippen molar-refractivity contribution in [1.82, 2.24) is 15.0 Å². The highest BCUT2D eigenvalue weighted by Gasteiger charge is 2.15. The Morgan fingerprint density at radius 3 is 2.77 bits per heavy atom. The van der Waals surface area contributed by atoms with Crippen LogP contribution in [0.5, 0.6) is 0 Å². The number of halogens is 1. The van der Waals surface area contributed by atoms with E-state index in [9.17, 15) is 0 Å². The van der Waals surface area contributed by atoms with Crippen molar-refractivity contribution < 1.29 is 0 Å². The van der Waals surface area contributed by atoms with Gasteiger partial charge in [0.25, 0.3) is 0 Å². The van der Waals surface area contributed by atoms with E-state index in [1.165, 1.54) is 12.8 Å². The van der Waals surface area contributed by atoms with Gasteiger partial charge in [-0.25, -0.2) is 9.97 Å². The molecule has 0 fully saturated rings. The number of aromatic nitrogens is 3. The van der Waals surface area contributed by atoms with Crippen molar-refractivity contribution in [3.05, 3.63) is 24.5 Å². The molecule has 4 nitrogen and oxygen atoms in total. The molecule has 22 heavy (non-hydrogen) atoms. The highest BCUT2D eigenvalue weighted by atomic mass is 35.5. The summed E-state index contributed by atoms with van der Waals surface area (Å²) in [6.45, 7) is 4.39.